The van der Waals surface area contributed by atoms with Gasteiger partial charge in [-0.2, -0.15) is 0 Å². The minimum absolute atomic E-state index is 0.340. The second-order valence-electron chi connectivity index (χ2n) is 4.56. The number of Topliss-reactive ketones (excluding diaryl/α,β-unsaturated/α-hetero) is 1. The number of para-hydroxylation sites is 1. The number of hydrogen-bond donors (Lipinski definition) is 2. The maximum atomic E-state index is 12.3. The van der Waals surface area contributed by atoms with Crippen molar-refractivity contribution >= 4 is 29.0 Å². The minimum atomic E-state index is -1.38. The molecule has 1 aliphatic rings. The second-order valence-corrected chi connectivity index (χ2v) is 4.56. The highest BCUT2D eigenvalue weighted by molar-refractivity contribution is 6.32. The molecule has 1 aliphatic heterocycles. The van der Waals surface area contributed by atoms with Crippen LogP contribution in [0.1, 0.15) is 10.4 Å². The van der Waals surface area contributed by atoms with Gasteiger partial charge in [0.2, 0.25) is 11.8 Å². The van der Waals surface area contributed by atoms with Crippen LogP contribution in [0.15, 0.2) is 48.8 Å². The van der Waals surface area contributed by atoms with Crippen molar-refractivity contribution in [3.05, 3.63) is 54.4 Å². The van der Waals surface area contributed by atoms with Crippen molar-refractivity contribution in [1.82, 2.24) is 4.98 Å². The summed E-state index contributed by atoms with van der Waals surface area (Å²) in [6.45, 7) is 0. The topological polar surface area (TPSA) is 88.2 Å². The number of pyridine rings is 1. The lowest BCUT2D eigenvalue weighted by molar-refractivity contribution is -0.127. The molecule has 2 N–H and O–H groups in total. The Bertz CT molecular complexity index is 728. The molecule has 0 spiro atoms. The van der Waals surface area contributed by atoms with Crippen molar-refractivity contribution in [2.45, 2.75) is 0 Å². The molecule has 1 atom stereocenters. The van der Waals surface area contributed by atoms with E-state index in [1.165, 1.54) is 12.4 Å². The normalized spacial score (nSPS) is 16.9. The molecule has 3 rings (SSSR count). The van der Waals surface area contributed by atoms with Gasteiger partial charge in [-0.15, -0.1) is 0 Å². The Kier molecular flexibility index (Phi) is 3.19. The Labute approximate surface area is 120 Å². The molecule has 6 nitrogen and oxygen atoms in total. The first kappa shape index (κ1) is 13.0. The van der Waals surface area contributed by atoms with Gasteiger partial charge in [-0.25, -0.2) is 0 Å². The summed E-state index contributed by atoms with van der Waals surface area (Å²) in [4.78, 5) is 40.3. The van der Waals surface area contributed by atoms with Gasteiger partial charge in [-0.3, -0.25) is 19.4 Å². The van der Waals surface area contributed by atoms with Crippen molar-refractivity contribution in [3.8, 4) is 0 Å². The molecule has 0 fully saturated rings. The van der Waals surface area contributed by atoms with E-state index in [1.807, 2.05) is 0 Å². The van der Waals surface area contributed by atoms with Crippen LogP contribution >= 0.6 is 0 Å². The molecular formula is C15H11N3O3. The molecule has 0 radical (unpaired) electrons. The SMILES string of the molecule is O=C(Nc1ccncc1)C1C(=O)Nc2ccccc2C1=O. The molecule has 6 heteroatoms. The average Bonchev–Trinajstić information content (AvgIpc) is 2.48. The predicted molar refractivity (Wildman–Crippen MR) is 75.8 cm³/mol. The molecule has 0 saturated heterocycles. The van der Waals surface area contributed by atoms with E-state index in [2.05, 4.69) is 15.6 Å². The fraction of sp³-hybridized carbons (Fsp3) is 0.0667. The quantitative estimate of drug-likeness (QED) is 0.816. The molecule has 0 aliphatic carbocycles. The lowest BCUT2D eigenvalue weighted by Gasteiger charge is -2.22. The van der Waals surface area contributed by atoms with Gasteiger partial charge in [0.05, 0.1) is 5.69 Å². The van der Waals surface area contributed by atoms with Gasteiger partial charge in [0.25, 0.3) is 0 Å². The smallest absolute Gasteiger partial charge is 0.244 e. The summed E-state index contributed by atoms with van der Waals surface area (Å²) < 4.78 is 0. The fourth-order valence-electron chi connectivity index (χ4n) is 2.17. The van der Waals surface area contributed by atoms with Crippen LogP contribution in [0, 0.1) is 5.92 Å². The Morgan fingerprint density at radius 1 is 1.10 bits per heavy atom. The van der Waals surface area contributed by atoms with Crippen LogP contribution in [0.5, 0.6) is 0 Å². The first-order valence-electron chi connectivity index (χ1n) is 6.32. The standard InChI is InChI=1S/C15H11N3O3/c19-13-10-3-1-2-4-11(10)18-15(21)12(13)14(20)17-9-5-7-16-8-6-9/h1-8,12H,(H,18,21)(H,16,17,20). The van der Waals surface area contributed by atoms with Crippen LogP contribution in [-0.4, -0.2) is 22.6 Å². The lowest BCUT2D eigenvalue weighted by Crippen LogP contribution is -2.43. The maximum absolute atomic E-state index is 12.3. The van der Waals surface area contributed by atoms with Crippen molar-refractivity contribution in [2.24, 2.45) is 5.92 Å². The number of aromatic nitrogens is 1. The van der Waals surface area contributed by atoms with Crippen molar-refractivity contribution in [1.29, 1.82) is 0 Å². The third kappa shape index (κ3) is 2.38. The van der Waals surface area contributed by atoms with Crippen LogP contribution < -0.4 is 10.6 Å². The third-order valence-electron chi connectivity index (χ3n) is 3.18. The Hall–Kier alpha value is -3.02. The minimum Gasteiger partial charge on any atom is -0.325 e. The summed E-state index contributed by atoms with van der Waals surface area (Å²) >= 11 is 0. The number of anilines is 2. The number of rotatable bonds is 2. The number of benzene rings is 1. The van der Waals surface area contributed by atoms with Gasteiger partial charge in [0, 0.05) is 23.6 Å². The lowest BCUT2D eigenvalue weighted by atomic mass is 9.91. The zero-order valence-electron chi connectivity index (χ0n) is 10.9. The predicted octanol–water partition coefficient (Wildman–Crippen LogP) is 1.47. The van der Waals surface area contributed by atoms with E-state index in [1.54, 1.807) is 36.4 Å². The number of ketones is 1. The van der Waals surface area contributed by atoms with Crippen molar-refractivity contribution in [2.75, 3.05) is 10.6 Å². The molecule has 0 saturated carbocycles. The summed E-state index contributed by atoms with van der Waals surface area (Å²) in [5.74, 6) is -3.16. The van der Waals surface area contributed by atoms with Gasteiger partial charge in [0.1, 0.15) is 0 Å². The Morgan fingerprint density at radius 3 is 2.57 bits per heavy atom. The highest BCUT2D eigenvalue weighted by Gasteiger charge is 2.39. The van der Waals surface area contributed by atoms with E-state index in [-0.39, 0.29) is 0 Å². The van der Waals surface area contributed by atoms with Gasteiger partial charge in [0.15, 0.2) is 11.7 Å². The summed E-state index contributed by atoms with van der Waals surface area (Å²) in [7, 11) is 0. The van der Waals surface area contributed by atoms with Crippen LogP contribution in [0.3, 0.4) is 0 Å². The molecule has 2 heterocycles. The molecule has 2 aromatic rings. The summed E-state index contributed by atoms with van der Waals surface area (Å²) in [5.41, 5.74) is 1.25. The van der Waals surface area contributed by atoms with Gasteiger partial charge < -0.3 is 10.6 Å². The Balaban J connectivity index is 1.87. The zero-order chi connectivity index (χ0) is 14.8. The van der Waals surface area contributed by atoms with Crippen molar-refractivity contribution < 1.29 is 14.4 Å². The zero-order valence-corrected chi connectivity index (χ0v) is 10.9. The summed E-state index contributed by atoms with van der Waals surface area (Å²) in [6.07, 6.45) is 3.02. The van der Waals surface area contributed by atoms with Gasteiger partial charge in [-0.05, 0) is 24.3 Å². The Morgan fingerprint density at radius 2 is 1.81 bits per heavy atom. The summed E-state index contributed by atoms with van der Waals surface area (Å²) in [6, 6.07) is 9.77. The molecule has 1 aromatic heterocycles. The number of hydrogen-bond acceptors (Lipinski definition) is 4. The van der Waals surface area contributed by atoms with Gasteiger partial charge >= 0.3 is 0 Å². The van der Waals surface area contributed by atoms with Crippen LogP contribution in [-0.2, 0) is 9.59 Å². The molecule has 2 amide bonds. The monoisotopic (exact) mass is 281 g/mol. The first-order chi connectivity index (χ1) is 10.2. The molecule has 1 unspecified atom stereocenters. The fourth-order valence-corrected chi connectivity index (χ4v) is 2.17. The summed E-state index contributed by atoms with van der Waals surface area (Å²) in [5, 5.41) is 5.12. The molecule has 21 heavy (non-hydrogen) atoms. The third-order valence-corrected chi connectivity index (χ3v) is 3.18. The number of carbonyl (C=O) groups excluding carboxylic acids is 3. The van der Waals surface area contributed by atoms with Gasteiger partial charge in [-0.1, -0.05) is 12.1 Å². The number of nitrogens with one attached hydrogen (secondary N) is 2. The number of amides is 2. The molecule has 1 aromatic carbocycles. The van der Waals surface area contributed by atoms with Crippen molar-refractivity contribution in [3.63, 3.8) is 0 Å². The van der Waals surface area contributed by atoms with E-state index in [9.17, 15) is 14.4 Å². The molecular weight excluding hydrogens is 270 g/mol. The second kappa shape index (κ2) is 5.16. The van der Waals surface area contributed by atoms with Crippen LogP contribution in [0.2, 0.25) is 0 Å². The highest BCUT2D eigenvalue weighted by Crippen LogP contribution is 2.26. The van der Waals surface area contributed by atoms with E-state index >= 15 is 0 Å². The highest BCUT2D eigenvalue weighted by atomic mass is 16.2. The number of fused-ring (bicyclic) bond motifs is 1. The van der Waals surface area contributed by atoms with Crippen LogP contribution in [0.4, 0.5) is 11.4 Å². The molecule has 0 bridgehead atoms. The number of carbonyl (C=O) groups is 3. The van der Waals surface area contributed by atoms with E-state index < -0.39 is 23.5 Å². The first-order valence-corrected chi connectivity index (χ1v) is 6.32. The van der Waals surface area contributed by atoms with E-state index in [4.69, 9.17) is 0 Å². The van der Waals surface area contributed by atoms with Crippen LogP contribution in [0.25, 0.3) is 0 Å². The maximum Gasteiger partial charge on any atom is 0.244 e. The molecule has 104 valence electrons. The van der Waals surface area contributed by atoms with E-state index in [0.29, 0.717) is 16.9 Å². The number of nitrogens with zero attached hydrogens (tertiary/aromatic N) is 1. The van der Waals surface area contributed by atoms with E-state index in [0.717, 1.165) is 0 Å². The largest absolute Gasteiger partial charge is 0.325 e. The average molecular weight is 281 g/mol.